The first-order valence-corrected chi connectivity index (χ1v) is 7.34. The molecule has 0 aromatic heterocycles. The molecule has 2 heterocycles. The van der Waals surface area contributed by atoms with E-state index >= 15 is 0 Å². The molecule has 0 aromatic carbocycles. The number of likely N-dealkylation sites (tertiary alicyclic amines) is 2. The third-order valence-electron chi connectivity index (χ3n) is 4.18. The maximum atomic E-state index is 12.5. The zero-order valence-corrected chi connectivity index (χ0v) is 11.8. The second-order valence-corrected chi connectivity index (χ2v) is 6.20. The molecule has 1 amide bonds. The Hall–Kier alpha value is -0.610. The summed E-state index contributed by atoms with van der Waals surface area (Å²) in [7, 11) is 0. The molecule has 2 fully saturated rings. The highest BCUT2D eigenvalue weighted by molar-refractivity contribution is 5.80. The van der Waals surface area contributed by atoms with Crippen LogP contribution in [0.4, 0.5) is 0 Å². The normalized spacial score (nSPS) is 29.4. The van der Waals surface area contributed by atoms with Crippen LogP contribution >= 0.6 is 0 Å². The van der Waals surface area contributed by atoms with E-state index < -0.39 is 0 Å². The van der Waals surface area contributed by atoms with Crippen molar-refractivity contribution in [2.24, 2.45) is 17.6 Å². The largest absolute Gasteiger partial charge is 0.338 e. The summed E-state index contributed by atoms with van der Waals surface area (Å²) in [4.78, 5) is 17.0. The van der Waals surface area contributed by atoms with Crippen molar-refractivity contribution in [3.8, 4) is 0 Å². The fourth-order valence-corrected chi connectivity index (χ4v) is 3.32. The van der Waals surface area contributed by atoms with E-state index in [1.807, 2.05) is 4.90 Å². The molecule has 2 atom stereocenters. The summed E-state index contributed by atoms with van der Waals surface area (Å²) in [6.45, 7) is 9.15. The lowest BCUT2D eigenvalue weighted by molar-refractivity contribution is -0.135. The molecule has 2 saturated heterocycles. The van der Waals surface area contributed by atoms with Gasteiger partial charge in [-0.25, -0.2) is 0 Å². The molecule has 2 aliphatic rings. The van der Waals surface area contributed by atoms with Crippen molar-refractivity contribution in [1.29, 1.82) is 0 Å². The summed E-state index contributed by atoms with van der Waals surface area (Å²) in [5.74, 6) is 1.26. The SMILES string of the molecule is CC(C)CN1CC[C@@H](C(=O)N2CCC[C@H]2CN)C1. The van der Waals surface area contributed by atoms with E-state index in [1.54, 1.807) is 0 Å². The van der Waals surface area contributed by atoms with Crippen molar-refractivity contribution in [2.75, 3.05) is 32.7 Å². The second kappa shape index (κ2) is 6.02. The minimum Gasteiger partial charge on any atom is -0.338 e. The highest BCUT2D eigenvalue weighted by Crippen LogP contribution is 2.24. The molecule has 18 heavy (non-hydrogen) atoms. The van der Waals surface area contributed by atoms with Gasteiger partial charge in [-0.15, -0.1) is 0 Å². The van der Waals surface area contributed by atoms with Crippen molar-refractivity contribution in [1.82, 2.24) is 9.80 Å². The first kappa shape index (κ1) is 13.8. The minimum absolute atomic E-state index is 0.218. The zero-order valence-electron chi connectivity index (χ0n) is 11.8. The van der Waals surface area contributed by atoms with Gasteiger partial charge in [-0.05, 0) is 31.7 Å². The zero-order chi connectivity index (χ0) is 13.1. The van der Waals surface area contributed by atoms with Crippen molar-refractivity contribution in [3.05, 3.63) is 0 Å². The van der Waals surface area contributed by atoms with E-state index in [9.17, 15) is 4.79 Å². The quantitative estimate of drug-likeness (QED) is 0.810. The average Bonchev–Trinajstić information content (AvgIpc) is 2.95. The van der Waals surface area contributed by atoms with E-state index in [2.05, 4.69) is 18.7 Å². The summed E-state index contributed by atoms with van der Waals surface area (Å²) in [6, 6.07) is 0.302. The highest BCUT2D eigenvalue weighted by atomic mass is 16.2. The first-order valence-electron chi connectivity index (χ1n) is 7.34. The van der Waals surface area contributed by atoms with Gasteiger partial charge in [0.15, 0.2) is 0 Å². The molecular formula is C14H27N3O. The number of amides is 1. The third kappa shape index (κ3) is 3.04. The lowest BCUT2D eigenvalue weighted by Gasteiger charge is -2.26. The molecule has 2 rings (SSSR count). The number of hydrogen-bond donors (Lipinski definition) is 1. The van der Waals surface area contributed by atoms with E-state index in [1.165, 1.54) is 0 Å². The van der Waals surface area contributed by atoms with Gasteiger partial charge in [0.25, 0.3) is 0 Å². The predicted octanol–water partition coefficient (Wildman–Crippen LogP) is 0.914. The van der Waals surface area contributed by atoms with E-state index in [4.69, 9.17) is 5.73 Å². The van der Waals surface area contributed by atoms with Crippen LogP contribution in [0, 0.1) is 11.8 Å². The maximum absolute atomic E-state index is 12.5. The Labute approximate surface area is 110 Å². The summed E-state index contributed by atoms with van der Waals surface area (Å²) in [6.07, 6.45) is 3.24. The van der Waals surface area contributed by atoms with E-state index in [-0.39, 0.29) is 5.92 Å². The summed E-state index contributed by atoms with van der Waals surface area (Å²) >= 11 is 0. The molecule has 4 nitrogen and oxygen atoms in total. The van der Waals surface area contributed by atoms with Gasteiger partial charge in [0.2, 0.25) is 5.91 Å². The first-order chi connectivity index (χ1) is 8.61. The summed E-state index contributed by atoms with van der Waals surface area (Å²) < 4.78 is 0. The summed E-state index contributed by atoms with van der Waals surface area (Å²) in [5.41, 5.74) is 5.75. The molecule has 0 spiro atoms. The van der Waals surface area contributed by atoms with Gasteiger partial charge in [-0.3, -0.25) is 4.79 Å². The Balaban J connectivity index is 1.87. The Morgan fingerprint density at radius 3 is 2.78 bits per heavy atom. The van der Waals surface area contributed by atoms with Crippen molar-refractivity contribution < 1.29 is 4.79 Å². The number of rotatable bonds is 4. The average molecular weight is 253 g/mol. The Morgan fingerprint density at radius 2 is 2.11 bits per heavy atom. The van der Waals surface area contributed by atoms with Crippen LogP contribution in [0.15, 0.2) is 0 Å². The molecule has 2 N–H and O–H groups in total. The standard InChI is InChI=1S/C14H27N3O/c1-11(2)9-16-7-5-12(10-16)14(18)17-6-3-4-13(17)8-15/h11-13H,3-10,15H2,1-2H3/t12-,13+/m1/s1. The molecule has 0 bridgehead atoms. The summed E-state index contributed by atoms with van der Waals surface area (Å²) in [5, 5.41) is 0. The number of nitrogens with zero attached hydrogens (tertiary/aromatic N) is 2. The van der Waals surface area contributed by atoms with Crippen molar-refractivity contribution in [2.45, 2.75) is 39.2 Å². The van der Waals surface area contributed by atoms with Gasteiger partial charge < -0.3 is 15.5 Å². The number of carbonyl (C=O) groups is 1. The van der Waals surface area contributed by atoms with Crippen LogP contribution in [0.1, 0.15) is 33.1 Å². The second-order valence-electron chi connectivity index (χ2n) is 6.20. The predicted molar refractivity (Wildman–Crippen MR) is 73.2 cm³/mol. The van der Waals surface area contributed by atoms with Gasteiger partial charge >= 0.3 is 0 Å². The van der Waals surface area contributed by atoms with Crippen molar-refractivity contribution in [3.63, 3.8) is 0 Å². The molecule has 0 radical (unpaired) electrons. The van der Waals surface area contributed by atoms with Gasteiger partial charge in [-0.2, -0.15) is 0 Å². The molecule has 0 unspecified atom stereocenters. The molecule has 0 saturated carbocycles. The van der Waals surface area contributed by atoms with Crippen LogP contribution in [0.3, 0.4) is 0 Å². The smallest absolute Gasteiger partial charge is 0.227 e. The monoisotopic (exact) mass is 253 g/mol. The molecule has 0 aliphatic carbocycles. The van der Waals surface area contributed by atoms with Gasteiger partial charge in [-0.1, -0.05) is 13.8 Å². The van der Waals surface area contributed by atoms with Crippen LogP contribution in [-0.2, 0) is 4.79 Å². The van der Waals surface area contributed by atoms with Gasteiger partial charge in [0.1, 0.15) is 0 Å². The molecule has 104 valence electrons. The Kier molecular flexibility index (Phi) is 4.62. The number of hydrogen-bond acceptors (Lipinski definition) is 3. The molecule has 4 heteroatoms. The topological polar surface area (TPSA) is 49.6 Å². The molecular weight excluding hydrogens is 226 g/mol. The number of nitrogens with two attached hydrogens (primary N) is 1. The fraction of sp³-hybridized carbons (Fsp3) is 0.929. The highest BCUT2D eigenvalue weighted by Gasteiger charge is 2.35. The van der Waals surface area contributed by atoms with Gasteiger partial charge in [0.05, 0.1) is 5.92 Å². The number of carbonyl (C=O) groups excluding carboxylic acids is 1. The third-order valence-corrected chi connectivity index (χ3v) is 4.18. The van der Waals surface area contributed by atoms with E-state index in [0.717, 1.165) is 45.4 Å². The van der Waals surface area contributed by atoms with Crippen molar-refractivity contribution >= 4 is 5.91 Å². The van der Waals surface area contributed by atoms with Crippen LogP contribution < -0.4 is 5.73 Å². The lowest BCUT2D eigenvalue weighted by Crippen LogP contribution is -2.43. The Bertz CT molecular complexity index is 293. The van der Waals surface area contributed by atoms with Crippen LogP contribution in [0.5, 0.6) is 0 Å². The van der Waals surface area contributed by atoms with Crippen LogP contribution in [0.2, 0.25) is 0 Å². The van der Waals surface area contributed by atoms with E-state index in [0.29, 0.717) is 24.4 Å². The molecule has 2 aliphatic heterocycles. The molecule has 0 aromatic rings. The maximum Gasteiger partial charge on any atom is 0.227 e. The fourth-order valence-electron chi connectivity index (χ4n) is 3.32. The lowest BCUT2D eigenvalue weighted by atomic mass is 10.1. The Morgan fingerprint density at radius 1 is 1.33 bits per heavy atom. The van der Waals surface area contributed by atoms with Gasteiger partial charge in [0, 0.05) is 32.2 Å². The van der Waals surface area contributed by atoms with Crippen LogP contribution in [-0.4, -0.2) is 54.5 Å². The minimum atomic E-state index is 0.218. The van der Waals surface area contributed by atoms with Crippen LogP contribution in [0.25, 0.3) is 0 Å².